The second kappa shape index (κ2) is 10.5. The van der Waals surface area contributed by atoms with E-state index >= 15 is 0 Å². The topological polar surface area (TPSA) is 102 Å². The van der Waals surface area contributed by atoms with Gasteiger partial charge in [-0.15, -0.1) is 0 Å². The third-order valence-electron chi connectivity index (χ3n) is 8.00. The van der Waals surface area contributed by atoms with Gasteiger partial charge in [-0.3, -0.25) is 9.59 Å². The molecule has 0 saturated carbocycles. The number of amides is 1. The summed E-state index contributed by atoms with van der Waals surface area (Å²) in [4.78, 5) is 29.5. The molecule has 6 rings (SSSR count). The SMILES string of the molecule is Cc1ccc2c(c1)c(CCC(=O)O)c1n2C[C@@](NC(=O)c2ccc(-n3cnc(C)n3)cc2Cl)(c2ccccc2)CC1. The van der Waals surface area contributed by atoms with Gasteiger partial charge in [0.2, 0.25) is 0 Å². The number of fused-ring (bicyclic) bond motifs is 3. The standard InChI is InChI=1S/C32H30ClN5O3/c1-20-8-12-28-26(16-20)24(11-13-30(39)40)29-14-15-32(18-37(28)29,22-6-4-3-5-7-22)35-31(41)25-10-9-23(17-27(25)33)38-19-34-21(2)36-38/h3-10,12,16-17,19H,11,13-15,18H2,1-2H3,(H,35,41)(H,39,40)/t32-/m1/s1. The minimum atomic E-state index is -0.811. The summed E-state index contributed by atoms with van der Waals surface area (Å²) in [6, 6.07) is 21.6. The predicted octanol–water partition coefficient (Wildman–Crippen LogP) is 5.78. The summed E-state index contributed by atoms with van der Waals surface area (Å²) in [6.45, 7) is 4.37. The van der Waals surface area contributed by atoms with E-state index in [1.54, 1.807) is 29.2 Å². The van der Waals surface area contributed by atoms with Gasteiger partial charge in [-0.1, -0.05) is 53.6 Å². The molecule has 41 heavy (non-hydrogen) atoms. The Kier molecular flexibility index (Phi) is 6.87. The summed E-state index contributed by atoms with van der Waals surface area (Å²) in [5.74, 6) is -0.431. The first-order valence-corrected chi connectivity index (χ1v) is 14.0. The van der Waals surface area contributed by atoms with E-state index in [4.69, 9.17) is 11.6 Å². The summed E-state index contributed by atoms with van der Waals surface area (Å²) in [5, 5.41) is 18.5. The van der Waals surface area contributed by atoms with E-state index in [-0.39, 0.29) is 12.3 Å². The van der Waals surface area contributed by atoms with Crippen LogP contribution < -0.4 is 5.32 Å². The van der Waals surface area contributed by atoms with E-state index < -0.39 is 11.5 Å². The fourth-order valence-corrected chi connectivity index (χ4v) is 6.26. The van der Waals surface area contributed by atoms with Crippen molar-refractivity contribution < 1.29 is 14.7 Å². The maximum absolute atomic E-state index is 13.9. The Bertz CT molecular complexity index is 1790. The molecule has 9 heteroatoms. The largest absolute Gasteiger partial charge is 0.481 e. The van der Waals surface area contributed by atoms with Crippen molar-refractivity contribution in [3.05, 3.63) is 112 Å². The molecule has 0 saturated heterocycles. The fourth-order valence-electron chi connectivity index (χ4n) is 6.00. The van der Waals surface area contributed by atoms with Crippen LogP contribution in [-0.4, -0.2) is 36.3 Å². The molecule has 0 radical (unpaired) electrons. The maximum atomic E-state index is 13.9. The van der Waals surface area contributed by atoms with Crippen molar-refractivity contribution >= 4 is 34.4 Å². The van der Waals surface area contributed by atoms with Crippen molar-refractivity contribution in [3.63, 3.8) is 0 Å². The molecule has 5 aromatic rings. The third kappa shape index (κ3) is 5.00. The van der Waals surface area contributed by atoms with Crippen LogP contribution in [0.5, 0.6) is 0 Å². The highest BCUT2D eigenvalue weighted by Gasteiger charge is 2.40. The van der Waals surface area contributed by atoms with Crippen molar-refractivity contribution in [1.29, 1.82) is 0 Å². The molecule has 3 aromatic carbocycles. The van der Waals surface area contributed by atoms with Gasteiger partial charge in [-0.2, -0.15) is 5.10 Å². The Morgan fingerprint density at radius 2 is 1.88 bits per heavy atom. The molecule has 0 spiro atoms. The van der Waals surface area contributed by atoms with Crippen LogP contribution in [0.25, 0.3) is 16.6 Å². The number of aryl methyl sites for hydroxylation is 3. The van der Waals surface area contributed by atoms with Crippen LogP contribution in [-0.2, 0) is 29.7 Å². The Morgan fingerprint density at radius 1 is 1.07 bits per heavy atom. The van der Waals surface area contributed by atoms with Gasteiger partial charge in [0, 0.05) is 23.0 Å². The van der Waals surface area contributed by atoms with Gasteiger partial charge >= 0.3 is 5.97 Å². The zero-order valence-corrected chi connectivity index (χ0v) is 23.7. The number of aromatic nitrogens is 4. The Labute approximate surface area is 242 Å². The zero-order valence-electron chi connectivity index (χ0n) is 22.9. The number of nitrogens with zero attached hydrogens (tertiary/aromatic N) is 4. The summed E-state index contributed by atoms with van der Waals surface area (Å²) >= 11 is 6.65. The lowest BCUT2D eigenvalue weighted by Gasteiger charge is -2.40. The van der Waals surface area contributed by atoms with E-state index in [1.807, 2.05) is 44.2 Å². The number of carbonyl (C=O) groups is 2. The highest BCUT2D eigenvalue weighted by Crippen LogP contribution is 2.40. The smallest absolute Gasteiger partial charge is 0.303 e. The van der Waals surface area contributed by atoms with Crippen LogP contribution in [0.3, 0.4) is 0 Å². The number of benzene rings is 3. The molecule has 2 N–H and O–H groups in total. The van der Waals surface area contributed by atoms with E-state index in [1.165, 1.54) is 0 Å². The quantitative estimate of drug-likeness (QED) is 0.259. The predicted molar refractivity (Wildman–Crippen MR) is 158 cm³/mol. The molecule has 1 aliphatic heterocycles. The van der Waals surface area contributed by atoms with Crippen molar-refractivity contribution in [2.24, 2.45) is 0 Å². The molecule has 1 amide bonds. The first kappa shape index (κ1) is 26.8. The van der Waals surface area contributed by atoms with Gasteiger partial charge in [0.05, 0.1) is 28.4 Å². The number of carboxylic acids is 1. The number of halogens is 1. The Morgan fingerprint density at radius 3 is 2.59 bits per heavy atom. The third-order valence-corrected chi connectivity index (χ3v) is 8.31. The van der Waals surface area contributed by atoms with Gasteiger partial charge in [-0.25, -0.2) is 9.67 Å². The van der Waals surface area contributed by atoms with E-state index in [9.17, 15) is 14.7 Å². The van der Waals surface area contributed by atoms with Gasteiger partial charge in [0.15, 0.2) is 0 Å². The molecule has 1 aliphatic rings. The Hall–Kier alpha value is -4.43. The van der Waals surface area contributed by atoms with E-state index in [0.29, 0.717) is 42.2 Å². The minimum absolute atomic E-state index is 0.0727. The summed E-state index contributed by atoms with van der Waals surface area (Å²) in [6.07, 6.45) is 3.50. The fraction of sp³-hybridized carbons (Fsp3) is 0.250. The number of nitrogens with one attached hydrogen (secondary N) is 1. The van der Waals surface area contributed by atoms with Crippen LogP contribution >= 0.6 is 11.6 Å². The van der Waals surface area contributed by atoms with Gasteiger partial charge in [0.25, 0.3) is 5.91 Å². The van der Waals surface area contributed by atoms with Crippen molar-refractivity contribution in [3.8, 4) is 5.69 Å². The zero-order chi connectivity index (χ0) is 28.7. The molecule has 8 nitrogen and oxygen atoms in total. The number of carboxylic acid groups (broad SMARTS) is 1. The lowest BCUT2D eigenvalue weighted by molar-refractivity contribution is -0.136. The van der Waals surface area contributed by atoms with Crippen LogP contribution in [0.4, 0.5) is 0 Å². The molecule has 0 aliphatic carbocycles. The molecular weight excluding hydrogens is 538 g/mol. The average molecular weight is 568 g/mol. The summed E-state index contributed by atoms with van der Waals surface area (Å²) in [5.41, 5.74) is 5.80. The number of aliphatic carboxylic acids is 1. The number of hydrogen-bond donors (Lipinski definition) is 2. The first-order chi connectivity index (χ1) is 19.7. The molecule has 208 valence electrons. The van der Waals surface area contributed by atoms with Crippen LogP contribution in [0, 0.1) is 13.8 Å². The Balaban J connectivity index is 1.39. The molecule has 2 aromatic heterocycles. The number of hydrogen-bond acceptors (Lipinski definition) is 4. The number of carbonyl (C=O) groups excluding carboxylic acids is 1. The lowest BCUT2D eigenvalue weighted by Crippen LogP contribution is -2.51. The van der Waals surface area contributed by atoms with Crippen LogP contribution in [0.2, 0.25) is 5.02 Å². The maximum Gasteiger partial charge on any atom is 0.303 e. The molecule has 0 fully saturated rings. The lowest BCUT2D eigenvalue weighted by atomic mass is 9.81. The molecular formula is C32H30ClN5O3. The van der Waals surface area contributed by atoms with E-state index in [0.717, 1.165) is 39.0 Å². The van der Waals surface area contributed by atoms with Crippen molar-refractivity contribution in [2.75, 3.05) is 0 Å². The second-order valence-corrected chi connectivity index (χ2v) is 11.1. The van der Waals surface area contributed by atoms with Crippen molar-refractivity contribution in [1.82, 2.24) is 24.6 Å². The van der Waals surface area contributed by atoms with Crippen molar-refractivity contribution in [2.45, 2.75) is 51.6 Å². The van der Waals surface area contributed by atoms with Gasteiger partial charge in [0.1, 0.15) is 12.2 Å². The molecule has 0 unspecified atom stereocenters. The van der Waals surface area contributed by atoms with Gasteiger partial charge < -0.3 is 15.0 Å². The highest BCUT2D eigenvalue weighted by molar-refractivity contribution is 6.34. The minimum Gasteiger partial charge on any atom is -0.481 e. The molecule has 3 heterocycles. The van der Waals surface area contributed by atoms with Crippen LogP contribution in [0.15, 0.2) is 73.1 Å². The average Bonchev–Trinajstić information content (AvgIpc) is 3.52. The summed E-state index contributed by atoms with van der Waals surface area (Å²) < 4.78 is 3.89. The van der Waals surface area contributed by atoms with Gasteiger partial charge in [-0.05, 0) is 74.6 Å². The first-order valence-electron chi connectivity index (χ1n) is 13.6. The van der Waals surface area contributed by atoms with Crippen LogP contribution in [0.1, 0.15) is 51.4 Å². The molecule has 1 atom stereocenters. The number of rotatable bonds is 7. The normalized spacial score (nSPS) is 16.5. The van der Waals surface area contributed by atoms with E-state index in [2.05, 4.69) is 38.2 Å². The highest BCUT2D eigenvalue weighted by atomic mass is 35.5. The summed E-state index contributed by atoms with van der Waals surface area (Å²) in [7, 11) is 0. The monoisotopic (exact) mass is 567 g/mol. The second-order valence-electron chi connectivity index (χ2n) is 10.7. The molecule has 0 bridgehead atoms.